The zero-order chi connectivity index (χ0) is 7.94. The van der Waals surface area contributed by atoms with Crippen molar-refractivity contribution >= 4 is 23.4 Å². The summed E-state index contributed by atoms with van der Waals surface area (Å²) in [6, 6.07) is 3.84. The molecule has 0 fully saturated rings. The fraction of sp³-hybridized carbons (Fsp3) is 0.429. The summed E-state index contributed by atoms with van der Waals surface area (Å²) in [6.45, 7) is 0. The molecule has 0 saturated heterocycles. The lowest BCUT2D eigenvalue weighted by Crippen LogP contribution is -1.85. The van der Waals surface area contributed by atoms with E-state index in [0.717, 1.165) is 17.2 Å². The Morgan fingerprint density at radius 2 is 2.45 bits per heavy atom. The van der Waals surface area contributed by atoms with Crippen molar-refractivity contribution in [3.8, 4) is 0 Å². The molecule has 0 unspecified atom stereocenters. The van der Waals surface area contributed by atoms with Crippen LogP contribution in [0.25, 0.3) is 0 Å². The first-order chi connectivity index (χ1) is 5.43. The van der Waals surface area contributed by atoms with Gasteiger partial charge in [0.15, 0.2) is 0 Å². The molecule has 0 aliphatic rings. The molecule has 0 aliphatic heterocycles. The van der Waals surface area contributed by atoms with Crippen molar-refractivity contribution in [2.24, 2.45) is 0 Å². The minimum atomic E-state index is 0.716. The van der Waals surface area contributed by atoms with E-state index in [4.69, 9.17) is 11.6 Å². The Morgan fingerprint density at radius 1 is 1.55 bits per heavy atom. The Labute approximate surface area is 75.4 Å². The highest BCUT2D eigenvalue weighted by molar-refractivity contribution is 7.99. The minimum Gasteiger partial charge on any atom is -0.158 e. The van der Waals surface area contributed by atoms with Crippen LogP contribution in [-0.2, 0) is 0 Å². The quantitative estimate of drug-likeness (QED) is 0.412. The van der Waals surface area contributed by atoms with Crippen molar-refractivity contribution in [3.05, 3.63) is 18.3 Å². The lowest BCUT2D eigenvalue weighted by atomic mass is 10.6. The normalized spacial score (nSPS) is 9.91. The molecule has 1 aromatic heterocycles. The van der Waals surface area contributed by atoms with E-state index < -0.39 is 0 Å². The van der Waals surface area contributed by atoms with Gasteiger partial charge < -0.3 is 0 Å². The highest BCUT2D eigenvalue weighted by Gasteiger charge is 1.92. The third-order valence-corrected chi connectivity index (χ3v) is 2.35. The first-order valence-electron chi connectivity index (χ1n) is 3.40. The van der Waals surface area contributed by atoms with Gasteiger partial charge in [0.25, 0.3) is 0 Å². The van der Waals surface area contributed by atoms with Crippen molar-refractivity contribution in [1.29, 1.82) is 0 Å². The highest BCUT2D eigenvalue weighted by atomic mass is 35.5. The Balaban J connectivity index is 2.28. The number of thioether (sulfide) groups is 1. The second kappa shape index (κ2) is 5.38. The van der Waals surface area contributed by atoms with Crippen molar-refractivity contribution in [3.63, 3.8) is 0 Å². The van der Waals surface area contributed by atoms with Gasteiger partial charge in [0.05, 0.1) is 0 Å². The van der Waals surface area contributed by atoms with Gasteiger partial charge in [-0.1, -0.05) is 0 Å². The molecular formula is C7H9ClN2S. The van der Waals surface area contributed by atoms with Gasteiger partial charge >= 0.3 is 0 Å². The van der Waals surface area contributed by atoms with Gasteiger partial charge in [-0.15, -0.1) is 28.5 Å². The summed E-state index contributed by atoms with van der Waals surface area (Å²) < 4.78 is 0. The average Bonchev–Trinajstić information content (AvgIpc) is 2.07. The number of nitrogens with zero attached hydrogens (tertiary/aromatic N) is 2. The number of hydrogen-bond donors (Lipinski definition) is 0. The van der Waals surface area contributed by atoms with Gasteiger partial charge in [-0.25, -0.2) is 0 Å². The van der Waals surface area contributed by atoms with Crippen molar-refractivity contribution in [2.75, 3.05) is 11.6 Å². The SMILES string of the molecule is ClCCCSc1cccnn1. The van der Waals surface area contributed by atoms with Gasteiger partial charge in [0.2, 0.25) is 0 Å². The van der Waals surface area contributed by atoms with E-state index in [1.54, 1.807) is 18.0 Å². The molecule has 11 heavy (non-hydrogen) atoms. The maximum atomic E-state index is 5.52. The Hall–Kier alpha value is -0.280. The van der Waals surface area contributed by atoms with E-state index >= 15 is 0 Å². The molecule has 1 heterocycles. The molecule has 1 aromatic rings. The molecule has 0 bridgehead atoms. The molecular weight excluding hydrogens is 180 g/mol. The molecule has 0 amide bonds. The largest absolute Gasteiger partial charge is 0.158 e. The number of alkyl halides is 1. The molecule has 1 rings (SSSR count). The molecule has 2 nitrogen and oxygen atoms in total. The summed E-state index contributed by atoms with van der Waals surface area (Å²) in [5, 5.41) is 8.65. The smallest absolute Gasteiger partial charge is 0.119 e. The Kier molecular flexibility index (Phi) is 4.31. The maximum Gasteiger partial charge on any atom is 0.119 e. The van der Waals surface area contributed by atoms with E-state index in [0.29, 0.717) is 5.88 Å². The standard InChI is InChI=1S/C7H9ClN2S/c8-4-2-6-11-7-3-1-5-9-10-7/h1,3,5H,2,4,6H2. The van der Waals surface area contributed by atoms with Crippen LogP contribution in [-0.4, -0.2) is 21.8 Å². The predicted molar refractivity (Wildman–Crippen MR) is 48.1 cm³/mol. The van der Waals surface area contributed by atoms with Crippen LogP contribution in [0.3, 0.4) is 0 Å². The Morgan fingerprint density at radius 3 is 3.09 bits per heavy atom. The van der Waals surface area contributed by atoms with Crippen molar-refractivity contribution < 1.29 is 0 Å². The summed E-state index contributed by atoms with van der Waals surface area (Å²) in [5.41, 5.74) is 0. The summed E-state index contributed by atoms with van der Waals surface area (Å²) in [7, 11) is 0. The lowest BCUT2D eigenvalue weighted by molar-refractivity contribution is 0.927. The van der Waals surface area contributed by atoms with Crippen LogP contribution in [0, 0.1) is 0 Å². The molecule has 0 spiro atoms. The van der Waals surface area contributed by atoms with Crippen LogP contribution in [0.15, 0.2) is 23.4 Å². The molecule has 0 radical (unpaired) electrons. The topological polar surface area (TPSA) is 25.8 Å². The average molecular weight is 189 g/mol. The van der Waals surface area contributed by atoms with Gasteiger partial charge in [0, 0.05) is 17.8 Å². The maximum absolute atomic E-state index is 5.52. The van der Waals surface area contributed by atoms with Crippen molar-refractivity contribution in [1.82, 2.24) is 10.2 Å². The van der Waals surface area contributed by atoms with Crippen LogP contribution in [0.2, 0.25) is 0 Å². The number of halogens is 1. The second-order valence-corrected chi connectivity index (χ2v) is 3.45. The summed E-state index contributed by atoms with van der Waals surface area (Å²) in [6.07, 6.45) is 2.69. The van der Waals surface area contributed by atoms with Crippen LogP contribution in [0.1, 0.15) is 6.42 Å². The fourth-order valence-corrected chi connectivity index (χ4v) is 1.67. The Bertz CT molecular complexity index is 193. The molecule has 4 heteroatoms. The third kappa shape index (κ3) is 3.58. The number of hydrogen-bond acceptors (Lipinski definition) is 3. The van der Waals surface area contributed by atoms with Gasteiger partial charge in [-0.2, -0.15) is 5.10 Å². The zero-order valence-corrected chi connectivity index (χ0v) is 7.61. The fourth-order valence-electron chi connectivity index (χ4n) is 0.596. The minimum absolute atomic E-state index is 0.716. The molecule has 0 aliphatic carbocycles. The summed E-state index contributed by atoms with van der Waals surface area (Å²) in [4.78, 5) is 0. The molecule has 0 atom stereocenters. The monoisotopic (exact) mass is 188 g/mol. The predicted octanol–water partition coefficient (Wildman–Crippen LogP) is 2.20. The second-order valence-electron chi connectivity index (χ2n) is 1.95. The van der Waals surface area contributed by atoms with E-state index in [-0.39, 0.29) is 0 Å². The van der Waals surface area contributed by atoms with Crippen LogP contribution >= 0.6 is 23.4 Å². The van der Waals surface area contributed by atoms with Gasteiger partial charge in [-0.05, 0) is 18.6 Å². The van der Waals surface area contributed by atoms with Crippen LogP contribution in [0.4, 0.5) is 0 Å². The van der Waals surface area contributed by atoms with Crippen LogP contribution in [0.5, 0.6) is 0 Å². The zero-order valence-electron chi connectivity index (χ0n) is 6.03. The molecule has 0 N–H and O–H groups in total. The van der Waals surface area contributed by atoms with E-state index in [1.807, 2.05) is 12.1 Å². The highest BCUT2D eigenvalue weighted by Crippen LogP contribution is 2.13. The summed E-state index contributed by atoms with van der Waals surface area (Å²) in [5.74, 6) is 1.73. The lowest BCUT2D eigenvalue weighted by Gasteiger charge is -1.95. The van der Waals surface area contributed by atoms with E-state index in [2.05, 4.69) is 10.2 Å². The van der Waals surface area contributed by atoms with Gasteiger partial charge in [0.1, 0.15) is 5.03 Å². The first-order valence-corrected chi connectivity index (χ1v) is 4.92. The number of aromatic nitrogens is 2. The van der Waals surface area contributed by atoms with E-state index in [1.165, 1.54) is 0 Å². The molecule has 0 aromatic carbocycles. The molecule has 0 saturated carbocycles. The van der Waals surface area contributed by atoms with Gasteiger partial charge in [-0.3, -0.25) is 0 Å². The molecule has 60 valence electrons. The van der Waals surface area contributed by atoms with E-state index in [9.17, 15) is 0 Å². The van der Waals surface area contributed by atoms with Crippen LogP contribution < -0.4 is 0 Å². The third-order valence-electron chi connectivity index (χ3n) is 1.08. The first kappa shape index (κ1) is 8.81. The number of rotatable bonds is 4. The van der Waals surface area contributed by atoms with Crippen molar-refractivity contribution in [2.45, 2.75) is 11.4 Å². The summed E-state index contributed by atoms with van der Waals surface area (Å²) >= 11 is 7.21.